The molecule has 2 saturated carbocycles. The third-order valence-corrected chi connectivity index (χ3v) is 11.5. The first-order valence-electron chi connectivity index (χ1n) is 18.9. The molecule has 20 nitrogen and oxygen atoms in total. The summed E-state index contributed by atoms with van der Waals surface area (Å²) in [4.78, 5) is 113. The molecule has 4 aliphatic rings. The van der Waals surface area contributed by atoms with E-state index in [1.54, 1.807) is 6.07 Å². The van der Waals surface area contributed by atoms with Crippen molar-refractivity contribution in [2.24, 2.45) is 17.3 Å². The van der Waals surface area contributed by atoms with Gasteiger partial charge in [0.2, 0.25) is 0 Å². The van der Waals surface area contributed by atoms with Crippen molar-refractivity contribution in [2.45, 2.75) is 122 Å². The summed E-state index contributed by atoms with van der Waals surface area (Å²) in [5, 5.41) is 13.5. The monoisotopic (exact) mass is 834 g/mol. The van der Waals surface area contributed by atoms with Crippen molar-refractivity contribution in [1.29, 1.82) is 0 Å². The van der Waals surface area contributed by atoms with Crippen LogP contribution in [0, 0.1) is 17.3 Å². The predicted molar refractivity (Wildman–Crippen MR) is 193 cm³/mol. The van der Waals surface area contributed by atoms with Crippen LogP contribution in [0.1, 0.15) is 77.7 Å². The Labute approximate surface area is 339 Å². The van der Waals surface area contributed by atoms with Crippen LogP contribution in [-0.2, 0) is 77.8 Å². The molecule has 1 unspecified atom stereocenters. The minimum atomic E-state index is -2.83. The number of aryl methyl sites for hydroxylation is 1. The van der Waals surface area contributed by atoms with Crippen molar-refractivity contribution in [3.05, 3.63) is 29.6 Å². The van der Waals surface area contributed by atoms with Gasteiger partial charge in [-0.25, -0.2) is 9.59 Å². The zero-order valence-electron chi connectivity index (χ0n) is 34.5. The number of esters is 7. The van der Waals surface area contributed by atoms with E-state index in [2.05, 4.69) is 4.98 Å². The fourth-order valence-electron chi connectivity index (χ4n) is 9.22. The molecule has 0 aromatic carbocycles. The van der Waals surface area contributed by atoms with Crippen LogP contribution in [0.25, 0.3) is 0 Å². The summed E-state index contributed by atoms with van der Waals surface area (Å²) in [6.45, 7) is 7.13. The Morgan fingerprint density at radius 1 is 0.847 bits per heavy atom. The smallest absolute Gasteiger partial charge is 0.409 e. The van der Waals surface area contributed by atoms with Gasteiger partial charge in [0.05, 0.1) is 17.4 Å². The number of ether oxygens (including phenoxy) is 9. The number of nitrogens with zero attached hydrogens (tertiary/aromatic N) is 2. The van der Waals surface area contributed by atoms with Crippen molar-refractivity contribution >= 4 is 47.9 Å². The lowest BCUT2D eigenvalue weighted by Gasteiger charge is -2.67. The number of aromatic nitrogens is 1. The van der Waals surface area contributed by atoms with Gasteiger partial charge >= 0.3 is 47.9 Å². The molecule has 2 aliphatic carbocycles. The van der Waals surface area contributed by atoms with Crippen LogP contribution >= 0.6 is 0 Å². The minimum Gasteiger partial charge on any atom is -0.465 e. The summed E-state index contributed by atoms with van der Waals surface area (Å²) in [6.07, 6.45) is -10.2. The number of amides is 1. The molecular weight excluding hydrogens is 784 g/mol. The van der Waals surface area contributed by atoms with E-state index in [1.807, 2.05) is 0 Å². The Morgan fingerprint density at radius 2 is 1.42 bits per heavy atom. The summed E-state index contributed by atoms with van der Waals surface area (Å²) in [6, 6.07) is 1.56. The Bertz CT molecular complexity index is 1900. The van der Waals surface area contributed by atoms with Gasteiger partial charge in [-0.15, -0.1) is 0 Å². The normalized spacial score (nSPS) is 36.2. The van der Waals surface area contributed by atoms with Crippen LogP contribution in [0.5, 0.6) is 0 Å². The van der Waals surface area contributed by atoms with Gasteiger partial charge in [0.1, 0.15) is 42.0 Å². The molecule has 3 heterocycles. The van der Waals surface area contributed by atoms with Crippen LogP contribution < -0.4 is 0 Å². The van der Waals surface area contributed by atoms with E-state index in [-0.39, 0.29) is 18.4 Å². The zero-order chi connectivity index (χ0) is 44.0. The Hall–Kier alpha value is -5.37. The van der Waals surface area contributed by atoms with Crippen molar-refractivity contribution in [3.63, 3.8) is 0 Å². The molecule has 1 aromatic rings. The number of rotatable bonds is 7. The zero-order valence-corrected chi connectivity index (χ0v) is 34.5. The summed E-state index contributed by atoms with van der Waals surface area (Å²) in [5.74, 6) is -9.56. The van der Waals surface area contributed by atoms with Crippen LogP contribution in [0.3, 0.4) is 0 Å². The predicted octanol–water partition coefficient (Wildman–Crippen LogP) is 0.998. The molecule has 0 radical (unpaired) electrons. The second-order valence-electron chi connectivity index (χ2n) is 16.0. The Morgan fingerprint density at radius 3 is 1.98 bits per heavy atom. The highest BCUT2D eigenvalue weighted by Gasteiger charge is 2.92. The van der Waals surface area contributed by atoms with Gasteiger partial charge in [-0.2, -0.15) is 0 Å². The molecule has 20 heteroatoms. The van der Waals surface area contributed by atoms with Gasteiger partial charge in [-0.3, -0.25) is 33.8 Å². The van der Waals surface area contributed by atoms with E-state index in [1.165, 1.54) is 40.3 Å². The maximum Gasteiger partial charge on any atom is 0.409 e. The van der Waals surface area contributed by atoms with Crippen molar-refractivity contribution in [2.75, 3.05) is 27.3 Å². The summed E-state index contributed by atoms with van der Waals surface area (Å²) >= 11 is 0. The summed E-state index contributed by atoms with van der Waals surface area (Å²) < 4.78 is 54.7. The minimum absolute atomic E-state index is 0.0235. The largest absolute Gasteiger partial charge is 0.465 e. The van der Waals surface area contributed by atoms with Crippen molar-refractivity contribution in [1.82, 2.24) is 9.88 Å². The number of carbonyl (C=O) groups excluding carboxylic acids is 8. The number of fused-ring (bicyclic) bond motifs is 5. The van der Waals surface area contributed by atoms with Crippen LogP contribution in [0.4, 0.5) is 4.79 Å². The van der Waals surface area contributed by atoms with Gasteiger partial charge in [0.15, 0.2) is 30.0 Å². The SMILES string of the molecule is CC(=O)OC[C@]12[C@H](OC(C)=O)[C@@H](OC(C)=O)[C@@H]3[C@@H](OC(=O)N(C)C)[C@@]14O[C@@]3(C)COC(=O)c1cnccc1CCC(C)C(=O)O[C@@H]([C@H](OC(C)=O)[C@@H]2OC(C)=O)[C@]4(C)O. The van der Waals surface area contributed by atoms with Crippen LogP contribution in [-0.4, -0.2) is 144 Å². The van der Waals surface area contributed by atoms with Gasteiger partial charge < -0.3 is 52.6 Å². The molecule has 12 atom stereocenters. The lowest BCUT2D eigenvalue weighted by molar-refractivity contribution is -0.386. The standard InChI is InChI=1S/C39H50N2O18/c1-18-11-12-24-13-14-40-15-25(24)34(48)52-16-36(7)26-27(53-20(3)43)31(55-22(5)45)38(17-51-19(2)42)32(56-23(6)46)28(54-21(4)44)30(57-33(18)47)37(8,50)39(38,59-36)29(26)58-35(49)41(9)10/h13-15,18,26-32,50H,11-12,16-17H2,1-10H3/t18?,26-,27+,28+,29-,30+,31-,32+,36+,37+,38-,39+/m1/s1. The van der Waals surface area contributed by atoms with Gasteiger partial charge in [0.25, 0.3) is 0 Å². The molecule has 1 saturated heterocycles. The molecule has 1 spiro atoms. The van der Waals surface area contributed by atoms with Gasteiger partial charge in [-0.1, -0.05) is 6.92 Å². The number of pyridine rings is 1. The van der Waals surface area contributed by atoms with Crippen molar-refractivity contribution in [3.8, 4) is 0 Å². The molecule has 1 aromatic heterocycles. The summed E-state index contributed by atoms with van der Waals surface area (Å²) in [5.41, 5.74) is -9.83. The average molecular weight is 835 g/mol. The second kappa shape index (κ2) is 16.4. The van der Waals surface area contributed by atoms with E-state index in [0.29, 0.717) is 5.56 Å². The molecule has 3 fully saturated rings. The lowest BCUT2D eigenvalue weighted by atomic mass is 9.45. The van der Waals surface area contributed by atoms with E-state index in [9.17, 15) is 43.5 Å². The third-order valence-electron chi connectivity index (χ3n) is 11.5. The number of carbonyl (C=O) groups is 8. The molecule has 324 valence electrons. The van der Waals surface area contributed by atoms with E-state index in [0.717, 1.165) is 46.4 Å². The first kappa shape index (κ1) is 44.7. The van der Waals surface area contributed by atoms with E-state index < -0.39 is 132 Å². The average Bonchev–Trinajstić information content (AvgIpc) is 3.35. The molecule has 1 N–H and O–H groups in total. The second-order valence-corrected chi connectivity index (χ2v) is 16.0. The van der Waals surface area contributed by atoms with Gasteiger partial charge in [0, 0.05) is 61.1 Å². The highest BCUT2D eigenvalue weighted by molar-refractivity contribution is 5.90. The molecule has 4 bridgehead atoms. The maximum absolute atomic E-state index is 14.2. The van der Waals surface area contributed by atoms with Crippen LogP contribution in [0.15, 0.2) is 18.5 Å². The maximum atomic E-state index is 14.2. The molecular formula is C39H50N2O18. The number of hydrogen-bond acceptors (Lipinski definition) is 19. The number of aliphatic hydroxyl groups is 1. The van der Waals surface area contributed by atoms with E-state index in [4.69, 9.17) is 42.6 Å². The molecule has 1 amide bonds. The Balaban J connectivity index is 2.01. The van der Waals surface area contributed by atoms with Crippen molar-refractivity contribution < 1.29 is 86.1 Å². The fourth-order valence-corrected chi connectivity index (χ4v) is 9.22. The molecule has 59 heavy (non-hydrogen) atoms. The third kappa shape index (κ3) is 7.67. The first-order valence-corrected chi connectivity index (χ1v) is 18.9. The number of hydrogen-bond donors (Lipinski definition) is 1. The molecule has 2 aliphatic heterocycles. The Kier molecular flexibility index (Phi) is 12.4. The first-order chi connectivity index (χ1) is 27.4. The van der Waals surface area contributed by atoms with Gasteiger partial charge in [-0.05, 0) is 38.3 Å². The van der Waals surface area contributed by atoms with Crippen LogP contribution in [0.2, 0.25) is 0 Å². The highest BCUT2D eigenvalue weighted by atomic mass is 16.7. The summed E-state index contributed by atoms with van der Waals surface area (Å²) in [7, 11) is 2.66. The topological polar surface area (TPSA) is 256 Å². The lowest BCUT2D eigenvalue weighted by Crippen LogP contribution is -2.89. The van der Waals surface area contributed by atoms with E-state index >= 15 is 0 Å². The number of cyclic esters (lactones) is 1. The highest BCUT2D eigenvalue weighted by Crippen LogP contribution is 2.70. The fraction of sp³-hybridized carbons (Fsp3) is 0.667. The molecule has 5 rings (SSSR count). The quantitative estimate of drug-likeness (QED) is 0.297.